The van der Waals surface area contributed by atoms with E-state index in [0.29, 0.717) is 13.2 Å². The molecule has 1 saturated heterocycles. The number of methoxy groups -OCH3 is 1. The van der Waals surface area contributed by atoms with Crippen LogP contribution in [0.25, 0.3) is 0 Å². The Morgan fingerprint density at radius 1 is 1.12 bits per heavy atom. The van der Waals surface area contributed by atoms with E-state index < -0.39 is 0 Å². The first-order valence-corrected chi connectivity index (χ1v) is 9.13. The van der Waals surface area contributed by atoms with Crippen molar-refractivity contribution < 1.29 is 4.74 Å². The Bertz CT molecular complexity index is 498. The minimum atomic E-state index is 0.630. The summed E-state index contributed by atoms with van der Waals surface area (Å²) in [6, 6.07) is 8.32. The third-order valence-corrected chi connectivity index (χ3v) is 4.34. The number of piperidine rings is 1. The highest BCUT2D eigenvalue weighted by Gasteiger charge is 2.09. The molecule has 1 aliphatic heterocycles. The maximum atomic E-state index is 5.27. The molecule has 5 heteroatoms. The Morgan fingerprint density at radius 2 is 1.88 bits per heavy atom. The van der Waals surface area contributed by atoms with Crippen LogP contribution in [0.15, 0.2) is 29.3 Å². The fourth-order valence-electron chi connectivity index (χ4n) is 3.03. The number of likely N-dealkylation sites (tertiary alicyclic amines) is 1. The Hall–Kier alpha value is -1.59. The number of rotatable bonds is 8. The molecule has 1 heterocycles. The van der Waals surface area contributed by atoms with Gasteiger partial charge in [-0.1, -0.05) is 30.7 Å². The number of hydrogen-bond donors (Lipinski definition) is 2. The summed E-state index contributed by atoms with van der Waals surface area (Å²) in [5.74, 6) is 0.890. The summed E-state index contributed by atoms with van der Waals surface area (Å²) in [6.45, 7) is 8.76. The van der Waals surface area contributed by atoms with Crippen LogP contribution in [-0.4, -0.2) is 50.7 Å². The molecular formula is C19H32N4O. The molecule has 2 rings (SSSR count). The second kappa shape index (κ2) is 11.0. The smallest absolute Gasteiger partial charge is 0.191 e. The van der Waals surface area contributed by atoms with E-state index in [-0.39, 0.29) is 0 Å². The number of nitrogens with zero attached hydrogens (tertiary/aromatic N) is 2. The molecule has 0 aliphatic carbocycles. The molecule has 134 valence electrons. The lowest BCUT2D eigenvalue weighted by Gasteiger charge is -2.26. The average Bonchev–Trinajstić information content (AvgIpc) is 2.62. The van der Waals surface area contributed by atoms with Gasteiger partial charge in [-0.25, -0.2) is 4.99 Å². The zero-order valence-corrected chi connectivity index (χ0v) is 15.2. The maximum absolute atomic E-state index is 5.27. The van der Waals surface area contributed by atoms with E-state index in [1.54, 1.807) is 7.11 Å². The van der Waals surface area contributed by atoms with Crippen molar-refractivity contribution in [1.82, 2.24) is 15.5 Å². The lowest BCUT2D eigenvalue weighted by molar-refractivity contribution is 0.184. The molecule has 0 bridgehead atoms. The molecule has 1 aliphatic rings. The Labute approximate surface area is 146 Å². The molecule has 2 N–H and O–H groups in total. The quantitative estimate of drug-likeness (QED) is 0.567. The Balaban J connectivity index is 1.85. The van der Waals surface area contributed by atoms with Crippen LogP contribution < -0.4 is 10.6 Å². The zero-order chi connectivity index (χ0) is 17.0. The van der Waals surface area contributed by atoms with E-state index in [9.17, 15) is 0 Å². The molecule has 1 aromatic rings. The van der Waals surface area contributed by atoms with Gasteiger partial charge in [0.15, 0.2) is 5.96 Å². The second-order valence-corrected chi connectivity index (χ2v) is 6.23. The third-order valence-electron chi connectivity index (χ3n) is 4.34. The number of aliphatic imine (C=N–C) groups is 1. The monoisotopic (exact) mass is 332 g/mol. The van der Waals surface area contributed by atoms with Crippen molar-refractivity contribution >= 4 is 5.96 Å². The predicted octanol–water partition coefficient (Wildman–Crippen LogP) is 2.37. The summed E-state index contributed by atoms with van der Waals surface area (Å²) in [4.78, 5) is 7.27. The molecule has 1 fully saturated rings. The number of ether oxygens (including phenoxy) is 1. The summed E-state index contributed by atoms with van der Waals surface area (Å²) < 4.78 is 5.27. The van der Waals surface area contributed by atoms with Crippen LogP contribution in [0.1, 0.15) is 37.3 Å². The van der Waals surface area contributed by atoms with Gasteiger partial charge in [-0.2, -0.15) is 0 Å². The maximum Gasteiger partial charge on any atom is 0.191 e. The minimum Gasteiger partial charge on any atom is -0.380 e. The van der Waals surface area contributed by atoms with E-state index in [2.05, 4.69) is 40.7 Å². The van der Waals surface area contributed by atoms with Gasteiger partial charge in [0, 0.05) is 26.7 Å². The normalized spacial score (nSPS) is 16.2. The fraction of sp³-hybridized carbons (Fsp3) is 0.632. The van der Waals surface area contributed by atoms with Crippen LogP contribution in [0.4, 0.5) is 0 Å². The van der Waals surface area contributed by atoms with Gasteiger partial charge in [-0.05, 0) is 44.0 Å². The molecule has 0 spiro atoms. The van der Waals surface area contributed by atoms with Crippen LogP contribution in [-0.2, 0) is 17.9 Å². The van der Waals surface area contributed by atoms with Gasteiger partial charge < -0.3 is 20.3 Å². The first-order valence-electron chi connectivity index (χ1n) is 9.13. The summed E-state index contributed by atoms with van der Waals surface area (Å²) in [7, 11) is 1.73. The minimum absolute atomic E-state index is 0.630. The van der Waals surface area contributed by atoms with E-state index in [1.165, 1.54) is 43.5 Å². The van der Waals surface area contributed by atoms with Crippen molar-refractivity contribution in [1.29, 1.82) is 0 Å². The lowest BCUT2D eigenvalue weighted by Crippen LogP contribution is -2.42. The fourth-order valence-corrected chi connectivity index (χ4v) is 3.03. The van der Waals surface area contributed by atoms with E-state index in [4.69, 9.17) is 9.73 Å². The number of guanidine groups is 1. The summed E-state index contributed by atoms with van der Waals surface area (Å²) in [5, 5.41) is 6.79. The first-order chi connectivity index (χ1) is 11.8. The topological polar surface area (TPSA) is 48.9 Å². The van der Waals surface area contributed by atoms with E-state index >= 15 is 0 Å². The molecule has 0 unspecified atom stereocenters. The number of benzene rings is 1. The second-order valence-electron chi connectivity index (χ2n) is 6.23. The van der Waals surface area contributed by atoms with Crippen LogP contribution >= 0.6 is 0 Å². The zero-order valence-electron chi connectivity index (χ0n) is 15.2. The van der Waals surface area contributed by atoms with Crippen LogP contribution in [0.2, 0.25) is 0 Å². The van der Waals surface area contributed by atoms with Crippen molar-refractivity contribution in [2.75, 3.05) is 39.8 Å². The summed E-state index contributed by atoms with van der Waals surface area (Å²) in [6.07, 6.45) is 4.06. The number of hydrogen-bond acceptors (Lipinski definition) is 3. The van der Waals surface area contributed by atoms with Gasteiger partial charge in [-0.15, -0.1) is 0 Å². The molecule has 5 nitrogen and oxygen atoms in total. The van der Waals surface area contributed by atoms with Gasteiger partial charge in [0.05, 0.1) is 13.2 Å². The largest absolute Gasteiger partial charge is 0.380 e. The molecule has 1 aromatic carbocycles. The van der Waals surface area contributed by atoms with Gasteiger partial charge in [-0.3, -0.25) is 0 Å². The molecular weight excluding hydrogens is 300 g/mol. The van der Waals surface area contributed by atoms with Gasteiger partial charge in [0.2, 0.25) is 0 Å². The molecule has 0 aromatic heterocycles. The third kappa shape index (κ3) is 6.49. The van der Waals surface area contributed by atoms with Crippen LogP contribution in [0.5, 0.6) is 0 Å². The average molecular weight is 332 g/mol. The molecule has 0 atom stereocenters. The van der Waals surface area contributed by atoms with Crippen molar-refractivity contribution in [2.24, 2.45) is 4.99 Å². The van der Waals surface area contributed by atoms with Gasteiger partial charge in [0.25, 0.3) is 0 Å². The van der Waals surface area contributed by atoms with E-state index in [0.717, 1.165) is 25.6 Å². The highest BCUT2D eigenvalue weighted by Crippen LogP contribution is 2.11. The number of nitrogens with one attached hydrogen (secondary N) is 2. The van der Waals surface area contributed by atoms with Crippen molar-refractivity contribution in [3.05, 3.63) is 35.4 Å². The summed E-state index contributed by atoms with van der Waals surface area (Å²) >= 11 is 0. The Kier molecular flexibility index (Phi) is 8.63. The van der Waals surface area contributed by atoms with Crippen LogP contribution in [0.3, 0.4) is 0 Å². The predicted molar refractivity (Wildman–Crippen MR) is 100 cm³/mol. The van der Waals surface area contributed by atoms with E-state index in [1.807, 2.05) is 6.07 Å². The first kappa shape index (κ1) is 18.7. The van der Waals surface area contributed by atoms with Crippen molar-refractivity contribution in [3.8, 4) is 0 Å². The molecule has 24 heavy (non-hydrogen) atoms. The standard InChI is InChI=1S/C19H32N4O/c1-3-20-19(21-11-14-23-12-7-4-8-13-23)22-15-17-9-5-6-10-18(17)16-24-2/h5-6,9-10H,3-4,7-8,11-16H2,1-2H3,(H2,20,21,22). The van der Waals surface area contributed by atoms with Crippen molar-refractivity contribution in [2.45, 2.75) is 39.3 Å². The van der Waals surface area contributed by atoms with Gasteiger partial charge in [0.1, 0.15) is 0 Å². The highest BCUT2D eigenvalue weighted by molar-refractivity contribution is 5.79. The molecule has 0 amide bonds. The molecule has 0 saturated carbocycles. The van der Waals surface area contributed by atoms with Gasteiger partial charge >= 0.3 is 0 Å². The molecule has 0 radical (unpaired) electrons. The van der Waals surface area contributed by atoms with Crippen molar-refractivity contribution in [3.63, 3.8) is 0 Å². The lowest BCUT2D eigenvalue weighted by atomic mass is 10.1. The van der Waals surface area contributed by atoms with Crippen LogP contribution in [0, 0.1) is 0 Å². The SMILES string of the molecule is CCNC(=NCc1ccccc1COC)NCCN1CCCCC1. The Morgan fingerprint density at radius 3 is 2.58 bits per heavy atom. The highest BCUT2D eigenvalue weighted by atomic mass is 16.5. The summed E-state index contributed by atoms with van der Waals surface area (Å²) in [5.41, 5.74) is 2.42.